The minimum Gasteiger partial charge on any atom is -0.373 e. The molecule has 0 saturated carbocycles. The highest BCUT2D eigenvalue weighted by molar-refractivity contribution is 5.75. The molecule has 118 valence electrons. The third kappa shape index (κ3) is 7.82. The van der Waals surface area contributed by atoms with Gasteiger partial charge in [0, 0.05) is 32.1 Å². The Morgan fingerprint density at radius 1 is 1.35 bits per heavy atom. The van der Waals surface area contributed by atoms with Gasteiger partial charge in [-0.1, -0.05) is 0 Å². The van der Waals surface area contributed by atoms with E-state index >= 15 is 0 Å². The lowest BCUT2D eigenvalue weighted by atomic mass is 10.2. The van der Waals surface area contributed by atoms with Crippen molar-refractivity contribution in [2.45, 2.75) is 64.7 Å². The predicted molar refractivity (Wildman–Crippen MR) is 81.6 cm³/mol. The van der Waals surface area contributed by atoms with Crippen molar-refractivity contribution in [3.63, 3.8) is 0 Å². The molecule has 20 heavy (non-hydrogen) atoms. The quantitative estimate of drug-likeness (QED) is 0.656. The Morgan fingerprint density at radius 3 is 2.60 bits per heavy atom. The van der Waals surface area contributed by atoms with Crippen LogP contribution in [0.4, 0.5) is 0 Å². The summed E-state index contributed by atoms with van der Waals surface area (Å²) in [4.78, 5) is 14.0. The molecule has 1 rings (SSSR count). The van der Waals surface area contributed by atoms with E-state index in [2.05, 4.69) is 24.1 Å². The summed E-state index contributed by atoms with van der Waals surface area (Å²) < 4.78 is 5.71. The van der Waals surface area contributed by atoms with Crippen molar-refractivity contribution in [3.05, 3.63) is 0 Å². The fourth-order valence-electron chi connectivity index (χ4n) is 2.60. The molecule has 1 saturated heterocycles. The Kier molecular flexibility index (Phi) is 8.11. The number of nitrogens with one attached hydrogen (secondary N) is 1. The topological polar surface area (TPSA) is 67.6 Å². The molecule has 5 heteroatoms. The van der Waals surface area contributed by atoms with E-state index in [-0.39, 0.29) is 11.9 Å². The fourth-order valence-corrected chi connectivity index (χ4v) is 2.60. The van der Waals surface area contributed by atoms with Crippen LogP contribution in [0.1, 0.15) is 46.5 Å². The summed E-state index contributed by atoms with van der Waals surface area (Å²) in [5.74, 6) is 0.121. The second kappa shape index (κ2) is 9.32. The molecule has 1 heterocycles. The van der Waals surface area contributed by atoms with Gasteiger partial charge in [-0.15, -0.1) is 0 Å². The van der Waals surface area contributed by atoms with Gasteiger partial charge in [-0.05, 0) is 46.6 Å². The largest absolute Gasteiger partial charge is 0.373 e. The lowest BCUT2D eigenvalue weighted by molar-refractivity contribution is -0.121. The molecular weight excluding hydrogens is 254 g/mol. The lowest BCUT2D eigenvalue weighted by Crippen LogP contribution is -2.45. The number of ether oxygens (including phenoxy) is 1. The summed E-state index contributed by atoms with van der Waals surface area (Å²) in [5, 5.41) is 2.96. The van der Waals surface area contributed by atoms with Crippen LogP contribution < -0.4 is 11.1 Å². The van der Waals surface area contributed by atoms with Gasteiger partial charge >= 0.3 is 0 Å². The maximum atomic E-state index is 11.5. The van der Waals surface area contributed by atoms with Gasteiger partial charge in [0.1, 0.15) is 0 Å². The number of morpholine rings is 1. The highest BCUT2D eigenvalue weighted by Gasteiger charge is 2.21. The molecule has 1 amide bonds. The molecule has 0 aromatic heterocycles. The molecule has 0 aliphatic carbocycles. The zero-order chi connectivity index (χ0) is 15.0. The molecule has 3 unspecified atom stereocenters. The standard InChI is InChI=1S/C15H31N3O2/c1-12(16)6-7-15(19)17-8-4-5-9-18-10-13(2)20-14(3)11-18/h12-14H,4-11,16H2,1-3H3,(H,17,19). The van der Waals surface area contributed by atoms with Crippen molar-refractivity contribution in [3.8, 4) is 0 Å². The Morgan fingerprint density at radius 2 is 2.00 bits per heavy atom. The van der Waals surface area contributed by atoms with Gasteiger partial charge in [0.2, 0.25) is 5.91 Å². The maximum absolute atomic E-state index is 11.5. The van der Waals surface area contributed by atoms with E-state index in [4.69, 9.17) is 10.5 Å². The van der Waals surface area contributed by atoms with Gasteiger partial charge in [0.25, 0.3) is 0 Å². The Bertz CT molecular complexity index is 274. The molecule has 1 aliphatic rings. The molecule has 5 nitrogen and oxygen atoms in total. The SMILES string of the molecule is CC(N)CCC(=O)NCCCCN1CC(C)OC(C)C1. The van der Waals surface area contributed by atoms with Gasteiger partial charge in [-0.25, -0.2) is 0 Å². The summed E-state index contributed by atoms with van der Waals surface area (Å²) in [7, 11) is 0. The number of carbonyl (C=O) groups excluding carboxylic acids is 1. The zero-order valence-corrected chi connectivity index (χ0v) is 13.2. The van der Waals surface area contributed by atoms with E-state index in [1.165, 1.54) is 0 Å². The van der Waals surface area contributed by atoms with Crippen molar-refractivity contribution in [2.75, 3.05) is 26.2 Å². The first kappa shape index (κ1) is 17.4. The number of nitrogens with zero attached hydrogens (tertiary/aromatic N) is 1. The zero-order valence-electron chi connectivity index (χ0n) is 13.2. The van der Waals surface area contributed by atoms with Crippen LogP contribution in [0.5, 0.6) is 0 Å². The van der Waals surface area contributed by atoms with E-state index in [1.807, 2.05) is 6.92 Å². The normalized spacial score (nSPS) is 25.4. The number of hydrogen-bond donors (Lipinski definition) is 2. The minimum absolute atomic E-state index is 0.103. The van der Waals surface area contributed by atoms with Crippen LogP contribution in [0, 0.1) is 0 Å². The smallest absolute Gasteiger partial charge is 0.220 e. The Hall–Kier alpha value is -0.650. The third-order valence-corrected chi connectivity index (χ3v) is 3.55. The van der Waals surface area contributed by atoms with Crippen LogP contribution in [0.3, 0.4) is 0 Å². The number of hydrogen-bond acceptors (Lipinski definition) is 4. The van der Waals surface area contributed by atoms with Crippen molar-refractivity contribution in [2.24, 2.45) is 5.73 Å². The average molecular weight is 285 g/mol. The molecule has 0 spiro atoms. The monoisotopic (exact) mass is 285 g/mol. The summed E-state index contributed by atoms with van der Waals surface area (Å²) in [6.45, 7) is 10.1. The third-order valence-electron chi connectivity index (χ3n) is 3.55. The van der Waals surface area contributed by atoms with Crippen LogP contribution in [0.15, 0.2) is 0 Å². The van der Waals surface area contributed by atoms with Crippen LogP contribution in [0.2, 0.25) is 0 Å². The molecule has 0 aromatic rings. The fraction of sp³-hybridized carbons (Fsp3) is 0.933. The van der Waals surface area contributed by atoms with Crippen molar-refractivity contribution < 1.29 is 9.53 Å². The highest BCUT2D eigenvalue weighted by atomic mass is 16.5. The molecule has 0 bridgehead atoms. The van der Waals surface area contributed by atoms with E-state index in [0.29, 0.717) is 18.6 Å². The van der Waals surface area contributed by atoms with Gasteiger partial charge in [-0.2, -0.15) is 0 Å². The average Bonchev–Trinajstić information content (AvgIpc) is 2.34. The summed E-state index contributed by atoms with van der Waals surface area (Å²) in [5.41, 5.74) is 5.63. The second-order valence-corrected chi connectivity index (χ2v) is 6.09. The minimum atomic E-state index is 0.103. The van der Waals surface area contributed by atoms with Crippen molar-refractivity contribution >= 4 is 5.91 Å². The van der Waals surface area contributed by atoms with Gasteiger partial charge < -0.3 is 15.8 Å². The first-order valence-electron chi connectivity index (χ1n) is 7.87. The first-order chi connectivity index (χ1) is 9.47. The molecule has 3 N–H and O–H groups in total. The molecule has 3 atom stereocenters. The van der Waals surface area contributed by atoms with E-state index in [0.717, 1.165) is 45.4 Å². The molecular formula is C15H31N3O2. The Labute approximate surface area is 123 Å². The molecule has 0 aromatic carbocycles. The van der Waals surface area contributed by atoms with E-state index < -0.39 is 0 Å². The number of rotatable bonds is 8. The first-order valence-corrected chi connectivity index (χ1v) is 7.87. The van der Waals surface area contributed by atoms with Crippen LogP contribution in [0.25, 0.3) is 0 Å². The molecule has 1 fully saturated rings. The maximum Gasteiger partial charge on any atom is 0.220 e. The number of carbonyl (C=O) groups is 1. The van der Waals surface area contributed by atoms with E-state index in [1.54, 1.807) is 0 Å². The van der Waals surface area contributed by atoms with Crippen molar-refractivity contribution in [1.82, 2.24) is 10.2 Å². The van der Waals surface area contributed by atoms with E-state index in [9.17, 15) is 4.79 Å². The van der Waals surface area contributed by atoms with Gasteiger partial charge in [-0.3, -0.25) is 9.69 Å². The van der Waals surface area contributed by atoms with Crippen LogP contribution in [-0.2, 0) is 9.53 Å². The predicted octanol–water partition coefficient (Wildman–Crippen LogP) is 1.12. The molecule has 0 radical (unpaired) electrons. The Balaban J connectivity index is 2.00. The second-order valence-electron chi connectivity index (χ2n) is 6.09. The van der Waals surface area contributed by atoms with Crippen LogP contribution >= 0.6 is 0 Å². The lowest BCUT2D eigenvalue weighted by Gasteiger charge is -2.35. The summed E-state index contributed by atoms with van der Waals surface area (Å²) in [6, 6.07) is 0.103. The summed E-state index contributed by atoms with van der Waals surface area (Å²) in [6.07, 6.45) is 4.11. The highest BCUT2D eigenvalue weighted by Crippen LogP contribution is 2.11. The van der Waals surface area contributed by atoms with Crippen molar-refractivity contribution in [1.29, 1.82) is 0 Å². The number of unbranched alkanes of at least 4 members (excludes halogenated alkanes) is 1. The number of nitrogens with two attached hydrogens (primary N) is 1. The van der Waals surface area contributed by atoms with Gasteiger partial charge in [0.05, 0.1) is 12.2 Å². The van der Waals surface area contributed by atoms with Crippen LogP contribution in [-0.4, -0.2) is 55.2 Å². The number of amides is 1. The summed E-state index contributed by atoms with van der Waals surface area (Å²) >= 11 is 0. The molecule has 1 aliphatic heterocycles. The van der Waals surface area contributed by atoms with Gasteiger partial charge in [0.15, 0.2) is 0 Å².